The molecule has 1 unspecified atom stereocenters. The second kappa shape index (κ2) is 9.87. The topological polar surface area (TPSA) is 45.1 Å². The average molecular weight is 478 g/mol. The van der Waals surface area contributed by atoms with Crippen LogP contribution in [0.5, 0.6) is 5.75 Å². The van der Waals surface area contributed by atoms with Crippen LogP contribution in [0, 0.1) is 0 Å². The van der Waals surface area contributed by atoms with Crippen LogP contribution in [0.3, 0.4) is 0 Å². The number of ether oxygens (including phenoxy) is 1. The van der Waals surface area contributed by atoms with Crippen molar-refractivity contribution in [1.29, 1.82) is 0 Å². The van der Waals surface area contributed by atoms with E-state index in [9.17, 15) is 4.79 Å². The Morgan fingerprint density at radius 2 is 1.94 bits per heavy atom. The molecule has 1 amide bonds. The number of carbonyl (C=O) groups excluding carboxylic acids is 1. The molecule has 2 aromatic rings. The number of hydrogen-bond acceptors (Lipinski definition) is 5. The lowest BCUT2D eigenvalue weighted by Gasteiger charge is -2.47. The largest absolute Gasteiger partial charge is 0.496 e. The van der Waals surface area contributed by atoms with E-state index >= 15 is 0 Å². The van der Waals surface area contributed by atoms with Gasteiger partial charge in [-0.05, 0) is 81.1 Å². The highest BCUT2D eigenvalue weighted by Gasteiger charge is 2.37. The maximum atomic E-state index is 13.3. The summed E-state index contributed by atoms with van der Waals surface area (Å²) >= 11 is 1.44. The minimum Gasteiger partial charge on any atom is -0.496 e. The summed E-state index contributed by atoms with van der Waals surface area (Å²) < 4.78 is 5.81. The van der Waals surface area contributed by atoms with Gasteiger partial charge >= 0.3 is 0 Å². The number of hydrogen-bond donors (Lipinski definition) is 0. The smallest absolute Gasteiger partial charge is 0.266 e. The van der Waals surface area contributed by atoms with Crippen LogP contribution in [0.4, 0.5) is 11.4 Å². The molecule has 2 aromatic carbocycles. The van der Waals surface area contributed by atoms with Crippen LogP contribution in [0.25, 0.3) is 6.08 Å². The molecule has 0 saturated carbocycles. The highest BCUT2D eigenvalue weighted by atomic mass is 32.2. The van der Waals surface area contributed by atoms with Crippen LogP contribution >= 0.6 is 11.8 Å². The van der Waals surface area contributed by atoms with E-state index in [0.29, 0.717) is 17.4 Å². The molecule has 5 nitrogen and oxygen atoms in total. The second-order valence-corrected chi connectivity index (χ2v) is 10.6. The van der Waals surface area contributed by atoms with Gasteiger partial charge in [0.25, 0.3) is 5.91 Å². The molecule has 34 heavy (non-hydrogen) atoms. The van der Waals surface area contributed by atoms with E-state index in [2.05, 4.69) is 51.7 Å². The van der Waals surface area contributed by atoms with Crippen molar-refractivity contribution in [1.82, 2.24) is 4.90 Å². The summed E-state index contributed by atoms with van der Waals surface area (Å²) in [6.45, 7) is 12.8. The lowest BCUT2D eigenvalue weighted by Crippen LogP contribution is -2.48. The quantitative estimate of drug-likeness (QED) is 0.428. The maximum Gasteiger partial charge on any atom is 0.266 e. The van der Waals surface area contributed by atoms with Gasteiger partial charge in [-0.3, -0.25) is 9.69 Å². The predicted molar refractivity (Wildman–Crippen MR) is 144 cm³/mol. The summed E-state index contributed by atoms with van der Waals surface area (Å²) in [6, 6.07) is 14.2. The standard InChI is InChI=1S/C28H35N3O2S/c1-7-14-30-26(32)25(34-27(30)29-21-12-10-9-11-13-21)16-20-15-22-19(3)18-28(4,5)31(8-2)23(22)17-24(20)33-6/h9-13,15-17,19H,7-8,14,18H2,1-6H3/b25-16+,29-27?. The van der Waals surface area contributed by atoms with Crippen LogP contribution in [0.2, 0.25) is 0 Å². The highest BCUT2D eigenvalue weighted by molar-refractivity contribution is 8.18. The number of rotatable bonds is 6. The van der Waals surface area contributed by atoms with Gasteiger partial charge in [-0.2, -0.15) is 0 Å². The third kappa shape index (κ3) is 4.61. The number of anilines is 1. The van der Waals surface area contributed by atoms with Crippen LogP contribution in [0.1, 0.15) is 64.5 Å². The Bertz CT molecular complexity index is 1120. The zero-order valence-corrected chi connectivity index (χ0v) is 21.9. The molecule has 1 saturated heterocycles. The minimum atomic E-state index is 0.00525. The Labute approximate surface area is 207 Å². The fourth-order valence-electron chi connectivity index (χ4n) is 5.18. The molecule has 0 aliphatic carbocycles. The van der Waals surface area contributed by atoms with Crippen molar-refractivity contribution in [3.05, 3.63) is 58.5 Å². The molecule has 0 N–H and O–H groups in total. The Morgan fingerprint density at radius 1 is 1.21 bits per heavy atom. The Kier molecular flexibility index (Phi) is 7.08. The molecule has 2 aliphatic heterocycles. The number of aliphatic imine (C=N–C) groups is 1. The lowest BCUT2D eigenvalue weighted by atomic mass is 9.79. The number of fused-ring (bicyclic) bond motifs is 1. The van der Waals surface area contributed by atoms with Crippen molar-refractivity contribution in [2.45, 2.75) is 58.9 Å². The molecule has 1 atom stereocenters. The van der Waals surface area contributed by atoms with E-state index in [0.717, 1.165) is 41.6 Å². The molecular formula is C28H35N3O2S. The minimum absolute atomic E-state index is 0.00525. The molecular weight excluding hydrogens is 442 g/mol. The van der Waals surface area contributed by atoms with Crippen molar-refractivity contribution in [2.24, 2.45) is 4.99 Å². The molecule has 0 aromatic heterocycles. The van der Waals surface area contributed by atoms with E-state index in [4.69, 9.17) is 9.73 Å². The molecule has 4 rings (SSSR count). The summed E-state index contributed by atoms with van der Waals surface area (Å²) in [5, 5.41) is 0.730. The van der Waals surface area contributed by atoms with E-state index in [1.54, 1.807) is 12.0 Å². The molecule has 180 valence electrons. The summed E-state index contributed by atoms with van der Waals surface area (Å²) in [7, 11) is 1.70. The normalized spacial score (nSPS) is 21.9. The van der Waals surface area contributed by atoms with Gasteiger partial charge in [-0.15, -0.1) is 0 Å². The van der Waals surface area contributed by atoms with Crippen molar-refractivity contribution < 1.29 is 9.53 Å². The first kappa shape index (κ1) is 24.4. The second-order valence-electron chi connectivity index (χ2n) is 9.61. The average Bonchev–Trinajstić information content (AvgIpc) is 3.08. The predicted octanol–water partition coefficient (Wildman–Crippen LogP) is 6.82. The molecule has 1 fully saturated rings. The van der Waals surface area contributed by atoms with Gasteiger partial charge in [0.05, 0.1) is 17.7 Å². The molecule has 6 heteroatoms. The molecule has 2 heterocycles. The fraction of sp³-hybridized carbons (Fsp3) is 0.429. The summed E-state index contributed by atoms with van der Waals surface area (Å²) in [6.07, 6.45) is 3.93. The number of methoxy groups -OCH3 is 1. The first-order valence-electron chi connectivity index (χ1n) is 12.1. The van der Waals surface area contributed by atoms with Crippen LogP contribution in [0.15, 0.2) is 52.4 Å². The molecule has 0 spiro atoms. The van der Waals surface area contributed by atoms with Crippen molar-refractivity contribution in [3.8, 4) is 5.75 Å². The van der Waals surface area contributed by atoms with Gasteiger partial charge in [-0.1, -0.05) is 32.0 Å². The fourth-order valence-corrected chi connectivity index (χ4v) is 6.20. The van der Waals surface area contributed by atoms with Gasteiger partial charge in [-0.25, -0.2) is 4.99 Å². The summed E-state index contributed by atoms with van der Waals surface area (Å²) in [4.78, 5) is 23.0. The van der Waals surface area contributed by atoms with Crippen molar-refractivity contribution >= 4 is 40.3 Å². The summed E-state index contributed by atoms with van der Waals surface area (Å²) in [5.41, 5.74) is 4.43. The van der Waals surface area contributed by atoms with Crippen molar-refractivity contribution in [3.63, 3.8) is 0 Å². The number of nitrogens with zero attached hydrogens (tertiary/aromatic N) is 3. The van der Waals surface area contributed by atoms with Gasteiger partial charge in [0.2, 0.25) is 0 Å². The molecule has 0 bridgehead atoms. The lowest BCUT2D eigenvalue weighted by molar-refractivity contribution is -0.122. The van der Waals surface area contributed by atoms with Gasteiger partial charge in [0.15, 0.2) is 5.17 Å². The molecule has 0 radical (unpaired) electrons. The molecule has 2 aliphatic rings. The van der Waals surface area contributed by atoms with E-state index in [1.807, 2.05) is 36.4 Å². The van der Waals surface area contributed by atoms with Gasteiger partial charge in [0, 0.05) is 35.9 Å². The number of amidine groups is 1. The first-order chi connectivity index (χ1) is 16.3. The van der Waals surface area contributed by atoms with Crippen LogP contribution in [-0.2, 0) is 4.79 Å². The van der Waals surface area contributed by atoms with Crippen molar-refractivity contribution in [2.75, 3.05) is 25.1 Å². The van der Waals surface area contributed by atoms with E-state index < -0.39 is 0 Å². The summed E-state index contributed by atoms with van der Waals surface area (Å²) in [5.74, 6) is 1.22. The number of thioether (sulfide) groups is 1. The number of benzene rings is 2. The number of para-hydroxylation sites is 1. The Balaban J connectivity index is 1.76. The maximum absolute atomic E-state index is 13.3. The van der Waals surface area contributed by atoms with Gasteiger partial charge in [0.1, 0.15) is 5.75 Å². The highest BCUT2D eigenvalue weighted by Crippen LogP contribution is 2.46. The third-order valence-corrected chi connectivity index (χ3v) is 7.66. The SMILES string of the molecule is CCCN1C(=O)/C(=C\c2cc3c(cc2OC)N(CC)C(C)(C)CC3C)SC1=Nc1ccccc1. The van der Waals surface area contributed by atoms with Gasteiger partial charge < -0.3 is 9.64 Å². The zero-order valence-electron chi connectivity index (χ0n) is 21.1. The van der Waals surface area contributed by atoms with E-state index in [1.165, 1.54) is 23.0 Å². The van der Waals surface area contributed by atoms with Crippen LogP contribution in [-0.4, -0.2) is 41.7 Å². The number of carbonyl (C=O) groups is 1. The Hall–Kier alpha value is -2.73. The number of amides is 1. The third-order valence-electron chi connectivity index (χ3n) is 6.66. The Morgan fingerprint density at radius 3 is 2.59 bits per heavy atom. The van der Waals surface area contributed by atoms with E-state index in [-0.39, 0.29) is 11.4 Å². The first-order valence-corrected chi connectivity index (χ1v) is 13.0. The zero-order chi connectivity index (χ0) is 24.5. The van der Waals surface area contributed by atoms with Crippen LogP contribution < -0.4 is 9.64 Å². The monoisotopic (exact) mass is 477 g/mol.